The molecule has 1 aliphatic carbocycles. The van der Waals surface area contributed by atoms with E-state index in [1.54, 1.807) is 7.11 Å². The van der Waals surface area contributed by atoms with Crippen molar-refractivity contribution in [3.63, 3.8) is 0 Å². The van der Waals surface area contributed by atoms with Crippen LogP contribution in [0.4, 0.5) is 5.69 Å². The molecule has 0 aliphatic heterocycles. The second-order valence-electron chi connectivity index (χ2n) is 5.41. The first-order valence-corrected chi connectivity index (χ1v) is 7.38. The summed E-state index contributed by atoms with van der Waals surface area (Å²) in [6.07, 6.45) is 6.64. The predicted octanol–water partition coefficient (Wildman–Crippen LogP) is 3.05. The number of hydrogen-bond donors (Lipinski definition) is 1. The van der Waals surface area contributed by atoms with E-state index in [9.17, 15) is 0 Å². The lowest BCUT2D eigenvalue weighted by molar-refractivity contribution is 0.415. The maximum absolute atomic E-state index is 5.17. The number of unbranched alkanes of at least 4 members (excludes halogenated alkanes) is 2. The van der Waals surface area contributed by atoms with Gasteiger partial charge in [0.2, 0.25) is 0 Å². The Kier molecular flexibility index (Phi) is 5.52. The zero-order chi connectivity index (χ0) is 13.5. The SMILES string of the molecule is COc1ccc(N(C)CCCCCNC2CC2)cc1. The van der Waals surface area contributed by atoms with Gasteiger partial charge < -0.3 is 15.0 Å². The molecule has 106 valence electrons. The van der Waals surface area contributed by atoms with Gasteiger partial charge in [-0.2, -0.15) is 0 Å². The Labute approximate surface area is 116 Å². The average Bonchev–Trinajstić information content (AvgIpc) is 3.26. The fourth-order valence-corrected chi connectivity index (χ4v) is 2.21. The van der Waals surface area contributed by atoms with Gasteiger partial charge in [-0.05, 0) is 56.5 Å². The first-order chi connectivity index (χ1) is 9.29. The standard InChI is InChI=1S/C16H26N2O/c1-18(15-8-10-16(19-2)11-9-15)13-5-3-4-12-17-14-6-7-14/h8-11,14,17H,3-7,12-13H2,1-2H3. The van der Waals surface area contributed by atoms with Crippen molar-refractivity contribution in [1.29, 1.82) is 0 Å². The number of benzene rings is 1. The Hall–Kier alpha value is -1.22. The third kappa shape index (κ3) is 5.11. The van der Waals surface area contributed by atoms with Crippen LogP contribution >= 0.6 is 0 Å². The van der Waals surface area contributed by atoms with Gasteiger partial charge in [0.05, 0.1) is 7.11 Å². The summed E-state index contributed by atoms with van der Waals surface area (Å²) in [6.45, 7) is 2.31. The summed E-state index contributed by atoms with van der Waals surface area (Å²) in [7, 11) is 3.86. The van der Waals surface area contributed by atoms with E-state index in [1.165, 1.54) is 44.3 Å². The second kappa shape index (κ2) is 7.39. The molecular weight excluding hydrogens is 236 g/mol. The van der Waals surface area contributed by atoms with Crippen molar-refractivity contribution in [2.45, 2.75) is 38.1 Å². The third-order valence-electron chi connectivity index (χ3n) is 3.69. The lowest BCUT2D eigenvalue weighted by atomic mass is 10.2. The number of ether oxygens (including phenoxy) is 1. The van der Waals surface area contributed by atoms with Crippen LogP contribution < -0.4 is 15.0 Å². The topological polar surface area (TPSA) is 24.5 Å². The minimum atomic E-state index is 0.849. The summed E-state index contributed by atoms with van der Waals surface area (Å²) < 4.78 is 5.17. The molecule has 1 aromatic carbocycles. The lowest BCUT2D eigenvalue weighted by Crippen LogP contribution is -2.20. The van der Waals surface area contributed by atoms with E-state index in [2.05, 4.69) is 29.4 Å². The Balaban J connectivity index is 1.58. The van der Waals surface area contributed by atoms with E-state index in [0.717, 1.165) is 18.3 Å². The minimum Gasteiger partial charge on any atom is -0.497 e. The average molecular weight is 262 g/mol. The van der Waals surface area contributed by atoms with Crippen LogP contribution in [0, 0.1) is 0 Å². The molecule has 0 saturated heterocycles. The molecule has 0 amide bonds. The van der Waals surface area contributed by atoms with Crippen LogP contribution in [-0.4, -0.2) is 33.3 Å². The Morgan fingerprint density at radius 3 is 2.53 bits per heavy atom. The van der Waals surface area contributed by atoms with Gasteiger partial charge in [-0.3, -0.25) is 0 Å². The van der Waals surface area contributed by atoms with E-state index in [0.29, 0.717) is 0 Å². The lowest BCUT2D eigenvalue weighted by Gasteiger charge is -2.19. The van der Waals surface area contributed by atoms with Gasteiger partial charge in [-0.25, -0.2) is 0 Å². The summed E-state index contributed by atoms with van der Waals surface area (Å²) in [5, 5.41) is 3.56. The van der Waals surface area contributed by atoms with Crippen LogP contribution in [0.25, 0.3) is 0 Å². The Morgan fingerprint density at radius 1 is 1.16 bits per heavy atom. The van der Waals surface area contributed by atoms with Crippen molar-refractivity contribution >= 4 is 5.69 Å². The molecule has 1 fully saturated rings. The van der Waals surface area contributed by atoms with Gasteiger partial charge in [-0.15, -0.1) is 0 Å². The van der Waals surface area contributed by atoms with Crippen LogP contribution in [0.3, 0.4) is 0 Å². The van der Waals surface area contributed by atoms with Crippen molar-refractivity contribution in [1.82, 2.24) is 5.32 Å². The van der Waals surface area contributed by atoms with Gasteiger partial charge in [-0.1, -0.05) is 6.42 Å². The summed E-state index contributed by atoms with van der Waals surface area (Å²) in [4.78, 5) is 2.31. The van der Waals surface area contributed by atoms with Crippen LogP contribution in [0.2, 0.25) is 0 Å². The van der Waals surface area contributed by atoms with Gasteiger partial charge in [0.1, 0.15) is 5.75 Å². The summed E-state index contributed by atoms with van der Waals surface area (Å²) in [6, 6.07) is 9.12. The first kappa shape index (κ1) is 14.2. The number of hydrogen-bond acceptors (Lipinski definition) is 3. The Morgan fingerprint density at radius 2 is 1.89 bits per heavy atom. The molecular formula is C16H26N2O. The van der Waals surface area contributed by atoms with Crippen LogP contribution in [-0.2, 0) is 0 Å². The van der Waals surface area contributed by atoms with E-state index in [1.807, 2.05) is 12.1 Å². The fourth-order valence-electron chi connectivity index (χ4n) is 2.21. The highest BCUT2D eigenvalue weighted by molar-refractivity contribution is 5.48. The van der Waals surface area contributed by atoms with Gasteiger partial charge >= 0.3 is 0 Å². The zero-order valence-corrected chi connectivity index (χ0v) is 12.2. The smallest absolute Gasteiger partial charge is 0.119 e. The van der Waals surface area contributed by atoms with Gasteiger partial charge in [0, 0.05) is 25.3 Å². The molecule has 1 aromatic rings. The number of rotatable bonds is 9. The number of methoxy groups -OCH3 is 1. The van der Waals surface area contributed by atoms with Crippen molar-refractivity contribution in [2.24, 2.45) is 0 Å². The molecule has 1 N–H and O–H groups in total. The molecule has 3 heteroatoms. The Bertz CT molecular complexity index is 360. The second-order valence-corrected chi connectivity index (χ2v) is 5.41. The largest absolute Gasteiger partial charge is 0.497 e. The monoisotopic (exact) mass is 262 g/mol. The molecule has 1 aliphatic rings. The highest BCUT2D eigenvalue weighted by Crippen LogP contribution is 2.19. The third-order valence-corrected chi connectivity index (χ3v) is 3.69. The van der Waals surface area contributed by atoms with E-state index >= 15 is 0 Å². The molecule has 2 rings (SSSR count). The van der Waals surface area contributed by atoms with E-state index in [-0.39, 0.29) is 0 Å². The molecule has 3 nitrogen and oxygen atoms in total. The van der Waals surface area contributed by atoms with Crippen molar-refractivity contribution in [3.05, 3.63) is 24.3 Å². The summed E-state index contributed by atoms with van der Waals surface area (Å²) in [5.41, 5.74) is 1.26. The molecule has 0 unspecified atom stereocenters. The molecule has 0 aromatic heterocycles. The highest BCUT2D eigenvalue weighted by Gasteiger charge is 2.19. The van der Waals surface area contributed by atoms with E-state index in [4.69, 9.17) is 4.74 Å². The van der Waals surface area contributed by atoms with Crippen molar-refractivity contribution in [3.8, 4) is 5.75 Å². The van der Waals surface area contributed by atoms with Crippen molar-refractivity contribution in [2.75, 3.05) is 32.1 Å². The molecule has 0 bridgehead atoms. The molecule has 0 atom stereocenters. The van der Waals surface area contributed by atoms with Gasteiger partial charge in [0.25, 0.3) is 0 Å². The summed E-state index contributed by atoms with van der Waals surface area (Å²) in [5.74, 6) is 0.920. The van der Waals surface area contributed by atoms with Crippen molar-refractivity contribution < 1.29 is 4.74 Å². The zero-order valence-electron chi connectivity index (χ0n) is 12.2. The first-order valence-electron chi connectivity index (χ1n) is 7.38. The molecule has 1 saturated carbocycles. The predicted molar refractivity (Wildman–Crippen MR) is 81.1 cm³/mol. The molecule has 19 heavy (non-hydrogen) atoms. The number of nitrogens with one attached hydrogen (secondary N) is 1. The fraction of sp³-hybridized carbons (Fsp3) is 0.625. The van der Waals surface area contributed by atoms with Crippen LogP contribution in [0.5, 0.6) is 5.75 Å². The summed E-state index contributed by atoms with van der Waals surface area (Å²) >= 11 is 0. The molecule has 0 heterocycles. The van der Waals surface area contributed by atoms with Crippen LogP contribution in [0.1, 0.15) is 32.1 Å². The minimum absolute atomic E-state index is 0.849. The van der Waals surface area contributed by atoms with E-state index < -0.39 is 0 Å². The molecule has 0 spiro atoms. The quantitative estimate of drug-likeness (QED) is 0.692. The normalized spacial score (nSPS) is 14.4. The van der Waals surface area contributed by atoms with Gasteiger partial charge in [0.15, 0.2) is 0 Å². The maximum atomic E-state index is 5.17. The number of nitrogens with zero attached hydrogens (tertiary/aromatic N) is 1. The van der Waals surface area contributed by atoms with Crippen LogP contribution in [0.15, 0.2) is 24.3 Å². The number of anilines is 1. The molecule has 0 radical (unpaired) electrons. The highest BCUT2D eigenvalue weighted by atomic mass is 16.5. The maximum Gasteiger partial charge on any atom is 0.119 e.